The molecule has 0 saturated heterocycles. The summed E-state index contributed by atoms with van der Waals surface area (Å²) in [4.78, 5) is 15.8. The molecule has 2 N–H and O–H groups in total. The third kappa shape index (κ3) is 5.16. The molecule has 0 amide bonds. The van der Waals surface area contributed by atoms with Gasteiger partial charge in [-0.05, 0) is 32.0 Å². The Morgan fingerprint density at radius 1 is 1.22 bits per heavy atom. The minimum Gasteiger partial charge on any atom is -0.493 e. The molecule has 0 fully saturated rings. The number of rotatable bonds is 7. The maximum atomic E-state index is 11.7. The Morgan fingerprint density at radius 2 is 2.00 bits per heavy atom. The molecule has 0 radical (unpaired) electrons. The monoisotopic (exact) mass is 375 g/mol. The van der Waals surface area contributed by atoms with Crippen LogP contribution < -0.4 is 20.1 Å². The van der Waals surface area contributed by atoms with Crippen LogP contribution in [0.5, 0.6) is 11.5 Å². The summed E-state index contributed by atoms with van der Waals surface area (Å²) in [7, 11) is 4.59. The van der Waals surface area contributed by atoms with E-state index in [1.165, 1.54) is 7.11 Å². The number of aryl methyl sites for hydroxylation is 1. The van der Waals surface area contributed by atoms with Gasteiger partial charge in [-0.2, -0.15) is 0 Å². The molecule has 0 bridgehead atoms. The third-order valence-electron chi connectivity index (χ3n) is 3.75. The van der Waals surface area contributed by atoms with Crippen molar-refractivity contribution in [1.82, 2.24) is 5.32 Å². The summed E-state index contributed by atoms with van der Waals surface area (Å²) in [6.07, 6.45) is 0. The summed E-state index contributed by atoms with van der Waals surface area (Å²) >= 11 is 0. The number of furan rings is 1. The lowest BCUT2D eigenvalue weighted by Gasteiger charge is -2.14. The van der Waals surface area contributed by atoms with Crippen LogP contribution in [0.15, 0.2) is 33.7 Å². The van der Waals surface area contributed by atoms with Crippen LogP contribution in [0, 0.1) is 6.92 Å². The van der Waals surface area contributed by atoms with E-state index >= 15 is 0 Å². The van der Waals surface area contributed by atoms with Crippen LogP contribution in [0.4, 0.5) is 5.69 Å². The number of esters is 1. The first-order valence-electron chi connectivity index (χ1n) is 8.48. The van der Waals surface area contributed by atoms with Crippen LogP contribution >= 0.6 is 0 Å². The number of nitrogens with zero attached hydrogens (tertiary/aromatic N) is 1. The molecule has 0 aliphatic rings. The van der Waals surface area contributed by atoms with E-state index in [0.717, 1.165) is 5.69 Å². The zero-order chi connectivity index (χ0) is 19.8. The number of aliphatic imine (C=N–C) groups is 1. The second kappa shape index (κ2) is 9.51. The first-order valence-corrected chi connectivity index (χ1v) is 8.48. The van der Waals surface area contributed by atoms with Gasteiger partial charge in [-0.25, -0.2) is 4.79 Å². The molecule has 2 rings (SSSR count). The third-order valence-corrected chi connectivity index (χ3v) is 3.75. The van der Waals surface area contributed by atoms with Crippen molar-refractivity contribution in [1.29, 1.82) is 0 Å². The second-order valence-corrected chi connectivity index (χ2v) is 5.52. The van der Waals surface area contributed by atoms with Crippen LogP contribution in [0.2, 0.25) is 0 Å². The summed E-state index contributed by atoms with van der Waals surface area (Å²) in [5.74, 6) is 2.52. The van der Waals surface area contributed by atoms with Crippen molar-refractivity contribution in [3.63, 3.8) is 0 Å². The van der Waals surface area contributed by atoms with Gasteiger partial charge in [0.25, 0.3) is 0 Å². The molecule has 1 heterocycles. The number of hydrogen-bond donors (Lipinski definition) is 2. The van der Waals surface area contributed by atoms with Crippen molar-refractivity contribution in [2.75, 3.05) is 33.2 Å². The van der Waals surface area contributed by atoms with Crippen LogP contribution in [0.3, 0.4) is 0 Å². The lowest BCUT2D eigenvalue weighted by molar-refractivity contribution is 0.0599. The van der Waals surface area contributed by atoms with Gasteiger partial charge in [-0.1, -0.05) is 0 Å². The summed E-state index contributed by atoms with van der Waals surface area (Å²) in [5.41, 5.74) is 1.20. The largest absolute Gasteiger partial charge is 0.493 e. The number of methoxy groups -OCH3 is 2. The predicted octanol–water partition coefficient (Wildman–Crippen LogP) is 2.97. The van der Waals surface area contributed by atoms with Gasteiger partial charge < -0.3 is 29.3 Å². The normalized spacial score (nSPS) is 11.1. The quantitative estimate of drug-likeness (QED) is 0.436. The fourth-order valence-electron chi connectivity index (χ4n) is 2.45. The summed E-state index contributed by atoms with van der Waals surface area (Å²) in [5, 5.41) is 6.30. The second-order valence-electron chi connectivity index (χ2n) is 5.52. The van der Waals surface area contributed by atoms with Gasteiger partial charge in [0.05, 0.1) is 27.4 Å². The lowest BCUT2D eigenvalue weighted by atomic mass is 10.2. The summed E-state index contributed by atoms with van der Waals surface area (Å²) in [6.45, 7) is 4.54. The molecule has 8 heteroatoms. The standard InChI is InChI=1S/C19H25N3O5/c1-6-26-16-8-7-13(9-17(16)24-4)22-19(20-3)21-11-14-10-15(12(2)27-14)18(23)25-5/h7-10H,6,11H2,1-5H3,(H2,20,21,22). The molecule has 1 aromatic carbocycles. The van der Waals surface area contributed by atoms with Gasteiger partial charge in [0.1, 0.15) is 17.1 Å². The number of anilines is 1. The number of benzene rings is 1. The molecule has 0 aliphatic heterocycles. The minimum absolute atomic E-state index is 0.353. The van der Waals surface area contributed by atoms with E-state index in [1.54, 1.807) is 27.1 Å². The fourth-order valence-corrected chi connectivity index (χ4v) is 2.45. The Bertz CT molecular complexity index is 814. The molecule has 0 atom stereocenters. The molecule has 1 aromatic heterocycles. The molecule has 146 valence electrons. The molecule has 2 aromatic rings. The summed E-state index contributed by atoms with van der Waals surface area (Å²) < 4.78 is 21.2. The van der Waals surface area contributed by atoms with E-state index in [9.17, 15) is 4.79 Å². The Balaban J connectivity index is 2.03. The highest BCUT2D eigenvalue weighted by molar-refractivity contribution is 5.94. The zero-order valence-corrected chi connectivity index (χ0v) is 16.2. The maximum Gasteiger partial charge on any atom is 0.341 e. The smallest absolute Gasteiger partial charge is 0.341 e. The van der Waals surface area contributed by atoms with E-state index in [-0.39, 0.29) is 0 Å². The Labute approximate surface area is 158 Å². The highest BCUT2D eigenvalue weighted by Crippen LogP contribution is 2.30. The maximum absolute atomic E-state index is 11.7. The van der Waals surface area contributed by atoms with Crippen molar-refractivity contribution < 1.29 is 23.4 Å². The first-order chi connectivity index (χ1) is 13.0. The molecule has 8 nitrogen and oxygen atoms in total. The van der Waals surface area contributed by atoms with Gasteiger partial charge in [0.2, 0.25) is 0 Å². The van der Waals surface area contributed by atoms with Gasteiger partial charge in [-0.15, -0.1) is 0 Å². The topological polar surface area (TPSA) is 94.3 Å². The molecule has 27 heavy (non-hydrogen) atoms. The highest BCUT2D eigenvalue weighted by Gasteiger charge is 2.15. The number of ether oxygens (including phenoxy) is 3. The fraction of sp³-hybridized carbons (Fsp3) is 0.368. The first kappa shape index (κ1) is 20.2. The van der Waals surface area contributed by atoms with E-state index < -0.39 is 5.97 Å². The lowest BCUT2D eigenvalue weighted by Crippen LogP contribution is -2.30. The van der Waals surface area contributed by atoms with E-state index in [2.05, 4.69) is 15.6 Å². The SMILES string of the molecule is CCOc1ccc(NC(=NC)NCc2cc(C(=O)OC)c(C)o2)cc1OC. The number of carbonyl (C=O) groups excluding carboxylic acids is 1. The van der Waals surface area contributed by atoms with Crippen LogP contribution in [0.25, 0.3) is 0 Å². The minimum atomic E-state index is -0.425. The Morgan fingerprint density at radius 3 is 2.63 bits per heavy atom. The van der Waals surface area contributed by atoms with Gasteiger partial charge in [0.15, 0.2) is 17.5 Å². The van der Waals surface area contributed by atoms with Crippen molar-refractivity contribution >= 4 is 17.6 Å². The number of nitrogens with one attached hydrogen (secondary N) is 2. The van der Waals surface area contributed by atoms with Crippen molar-refractivity contribution in [2.45, 2.75) is 20.4 Å². The van der Waals surface area contributed by atoms with Crippen molar-refractivity contribution in [2.24, 2.45) is 4.99 Å². The molecule has 0 saturated carbocycles. The van der Waals surface area contributed by atoms with Gasteiger partial charge >= 0.3 is 5.97 Å². The van der Waals surface area contributed by atoms with Gasteiger partial charge in [-0.3, -0.25) is 4.99 Å². The molecular weight excluding hydrogens is 350 g/mol. The Hall–Kier alpha value is -3.16. The van der Waals surface area contributed by atoms with Crippen LogP contribution in [-0.4, -0.2) is 39.8 Å². The van der Waals surface area contributed by atoms with Crippen molar-refractivity contribution in [3.05, 3.63) is 41.3 Å². The zero-order valence-electron chi connectivity index (χ0n) is 16.2. The number of carbonyl (C=O) groups is 1. The van der Waals surface area contributed by atoms with Gasteiger partial charge in [0, 0.05) is 18.8 Å². The average molecular weight is 375 g/mol. The number of hydrogen-bond acceptors (Lipinski definition) is 6. The highest BCUT2D eigenvalue weighted by atomic mass is 16.5. The number of guanidine groups is 1. The Kier molecular flexibility index (Phi) is 7.10. The van der Waals surface area contributed by atoms with Crippen LogP contribution in [0.1, 0.15) is 28.8 Å². The van der Waals surface area contributed by atoms with E-state index in [0.29, 0.717) is 47.7 Å². The van der Waals surface area contributed by atoms with E-state index in [1.807, 2.05) is 25.1 Å². The van der Waals surface area contributed by atoms with Crippen LogP contribution in [-0.2, 0) is 11.3 Å². The molecular formula is C19H25N3O5. The predicted molar refractivity (Wildman–Crippen MR) is 103 cm³/mol. The van der Waals surface area contributed by atoms with Crippen molar-refractivity contribution in [3.8, 4) is 11.5 Å². The molecule has 0 aliphatic carbocycles. The molecule has 0 spiro atoms. The molecule has 0 unspecified atom stereocenters. The van der Waals surface area contributed by atoms with E-state index in [4.69, 9.17) is 18.6 Å². The summed E-state index contributed by atoms with van der Waals surface area (Å²) in [6, 6.07) is 7.18. The average Bonchev–Trinajstić information content (AvgIpc) is 3.06.